The van der Waals surface area contributed by atoms with Crippen LogP contribution in [-0.4, -0.2) is 19.3 Å². The van der Waals surface area contributed by atoms with Crippen LogP contribution in [0.15, 0.2) is 22.7 Å². The van der Waals surface area contributed by atoms with Gasteiger partial charge in [-0.05, 0) is 38.1 Å². The summed E-state index contributed by atoms with van der Waals surface area (Å²) < 4.78 is 19.4. The molecule has 96 valence electrons. The zero-order chi connectivity index (χ0) is 12.8. The van der Waals surface area contributed by atoms with Gasteiger partial charge in [0.1, 0.15) is 5.82 Å². The van der Waals surface area contributed by atoms with E-state index in [2.05, 4.69) is 21.2 Å². The summed E-state index contributed by atoms with van der Waals surface area (Å²) in [5.74, 6) is -0.236. The van der Waals surface area contributed by atoms with Gasteiger partial charge >= 0.3 is 0 Å². The van der Waals surface area contributed by atoms with Crippen LogP contribution in [0.3, 0.4) is 0 Å². The molecule has 0 aliphatic rings. The molecule has 0 aliphatic carbocycles. The lowest BCUT2D eigenvalue weighted by Gasteiger charge is -2.21. The Balaban J connectivity index is 2.81. The highest BCUT2D eigenvalue weighted by Crippen LogP contribution is 2.25. The van der Waals surface area contributed by atoms with Crippen molar-refractivity contribution in [2.45, 2.75) is 32.9 Å². The van der Waals surface area contributed by atoms with E-state index in [4.69, 9.17) is 4.74 Å². The number of hydrogen-bond acceptors (Lipinski definition) is 2. The molecule has 0 saturated carbocycles. The van der Waals surface area contributed by atoms with E-state index in [0.29, 0.717) is 6.61 Å². The van der Waals surface area contributed by atoms with Gasteiger partial charge in [0, 0.05) is 4.47 Å². The van der Waals surface area contributed by atoms with Crippen molar-refractivity contribution in [3.05, 3.63) is 34.1 Å². The van der Waals surface area contributed by atoms with E-state index in [1.54, 1.807) is 6.07 Å². The number of halogens is 2. The monoisotopic (exact) mass is 303 g/mol. The first-order valence-electron chi connectivity index (χ1n) is 5.84. The summed E-state index contributed by atoms with van der Waals surface area (Å²) in [6, 6.07) is 4.82. The lowest BCUT2D eigenvalue weighted by molar-refractivity contribution is 0.0613. The van der Waals surface area contributed by atoms with Crippen LogP contribution in [-0.2, 0) is 4.74 Å². The molecule has 0 radical (unpaired) electrons. The van der Waals surface area contributed by atoms with Gasteiger partial charge in [-0.2, -0.15) is 0 Å². The zero-order valence-electron chi connectivity index (χ0n) is 10.5. The molecule has 2 nitrogen and oxygen atoms in total. The summed E-state index contributed by atoms with van der Waals surface area (Å²) >= 11 is 3.39. The van der Waals surface area contributed by atoms with Crippen molar-refractivity contribution in [1.82, 2.24) is 5.32 Å². The van der Waals surface area contributed by atoms with Gasteiger partial charge in [0.15, 0.2) is 0 Å². The fraction of sp³-hybridized carbons (Fsp3) is 0.538. The Morgan fingerprint density at radius 1 is 1.41 bits per heavy atom. The molecular weight excluding hydrogens is 285 g/mol. The van der Waals surface area contributed by atoms with Crippen LogP contribution in [0.2, 0.25) is 0 Å². The minimum Gasteiger partial charge on any atom is -0.377 e. The summed E-state index contributed by atoms with van der Waals surface area (Å²) in [5, 5.41) is 3.34. The zero-order valence-corrected chi connectivity index (χ0v) is 12.1. The minimum atomic E-state index is -0.236. The number of nitrogens with one attached hydrogen (secondary N) is 1. The van der Waals surface area contributed by atoms with Crippen LogP contribution in [0.1, 0.15) is 32.4 Å². The van der Waals surface area contributed by atoms with E-state index in [0.717, 1.165) is 16.6 Å². The Bertz CT molecular complexity index is 357. The number of ether oxygens (including phenoxy) is 1. The van der Waals surface area contributed by atoms with Crippen molar-refractivity contribution in [1.29, 1.82) is 0 Å². The van der Waals surface area contributed by atoms with Gasteiger partial charge in [-0.3, -0.25) is 0 Å². The summed E-state index contributed by atoms with van der Waals surface area (Å²) in [6.45, 7) is 7.47. The van der Waals surface area contributed by atoms with Crippen molar-refractivity contribution in [3.8, 4) is 0 Å². The molecule has 0 aromatic heterocycles. The molecule has 0 bridgehead atoms. The number of benzene rings is 1. The highest BCUT2D eigenvalue weighted by molar-refractivity contribution is 9.10. The van der Waals surface area contributed by atoms with Crippen LogP contribution in [0.25, 0.3) is 0 Å². The van der Waals surface area contributed by atoms with E-state index in [1.807, 2.05) is 20.8 Å². The van der Waals surface area contributed by atoms with Crippen molar-refractivity contribution in [3.63, 3.8) is 0 Å². The highest BCUT2D eigenvalue weighted by Gasteiger charge is 2.14. The molecule has 1 unspecified atom stereocenters. The minimum absolute atomic E-state index is 0.0809. The molecule has 0 spiro atoms. The lowest BCUT2D eigenvalue weighted by Crippen LogP contribution is -2.27. The van der Waals surface area contributed by atoms with Gasteiger partial charge in [-0.25, -0.2) is 4.39 Å². The molecule has 1 aromatic carbocycles. The lowest BCUT2D eigenvalue weighted by atomic mass is 10.1. The Morgan fingerprint density at radius 3 is 2.65 bits per heavy atom. The van der Waals surface area contributed by atoms with Gasteiger partial charge in [-0.1, -0.05) is 28.9 Å². The maximum atomic E-state index is 13.0. The molecule has 1 N–H and O–H groups in total. The van der Waals surface area contributed by atoms with Gasteiger partial charge in [0.2, 0.25) is 0 Å². The first kappa shape index (κ1) is 14.6. The molecule has 4 heteroatoms. The van der Waals surface area contributed by atoms with Gasteiger partial charge in [0.25, 0.3) is 0 Å². The normalized spacial score (nSPS) is 13.1. The Morgan fingerprint density at radius 2 is 2.12 bits per heavy atom. The predicted molar refractivity (Wildman–Crippen MR) is 71.6 cm³/mol. The quantitative estimate of drug-likeness (QED) is 0.866. The van der Waals surface area contributed by atoms with Crippen LogP contribution >= 0.6 is 15.9 Å². The van der Waals surface area contributed by atoms with Crippen molar-refractivity contribution < 1.29 is 9.13 Å². The van der Waals surface area contributed by atoms with Crippen molar-refractivity contribution in [2.75, 3.05) is 13.2 Å². The molecule has 0 heterocycles. The summed E-state index contributed by atoms with van der Waals surface area (Å²) in [4.78, 5) is 0. The van der Waals surface area contributed by atoms with E-state index < -0.39 is 0 Å². The molecule has 0 saturated heterocycles. The third-order valence-electron chi connectivity index (χ3n) is 2.38. The maximum Gasteiger partial charge on any atom is 0.124 e. The van der Waals surface area contributed by atoms with Crippen molar-refractivity contribution >= 4 is 15.9 Å². The molecule has 1 rings (SSSR count). The van der Waals surface area contributed by atoms with Gasteiger partial charge in [-0.15, -0.1) is 0 Å². The summed E-state index contributed by atoms with van der Waals surface area (Å²) in [5.41, 5.74) is 1.02. The van der Waals surface area contributed by atoms with E-state index in [-0.39, 0.29) is 18.0 Å². The van der Waals surface area contributed by atoms with Gasteiger partial charge < -0.3 is 10.1 Å². The van der Waals surface area contributed by atoms with E-state index in [1.165, 1.54) is 12.1 Å². The molecule has 1 atom stereocenters. The fourth-order valence-electron chi connectivity index (χ4n) is 1.58. The Labute approximate surface area is 111 Å². The third-order valence-corrected chi connectivity index (χ3v) is 3.07. The standard InChI is InChI=1S/C13H19BrFNO/c1-4-16-13(8-17-9(2)3)11-6-5-10(15)7-12(11)14/h5-7,9,13,16H,4,8H2,1-3H3. The molecule has 1 aromatic rings. The molecule has 17 heavy (non-hydrogen) atoms. The topological polar surface area (TPSA) is 21.3 Å². The van der Waals surface area contributed by atoms with Gasteiger partial charge in [0.05, 0.1) is 18.8 Å². The summed E-state index contributed by atoms with van der Waals surface area (Å²) in [6.07, 6.45) is 0.190. The molecule has 0 fully saturated rings. The number of likely N-dealkylation sites (N-methyl/N-ethyl adjacent to an activating group) is 1. The second-order valence-corrected chi connectivity index (χ2v) is 5.01. The number of hydrogen-bond donors (Lipinski definition) is 1. The summed E-state index contributed by atoms with van der Waals surface area (Å²) in [7, 11) is 0. The van der Waals surface area contributed by atoms with Crippen LogP contribution in [0, 0.1) is 5.82 Å². The molecule has 0 aliphatic heterocycles. The van der Waals surface area contributed by atoms with Crippen LogP contribution in [0.5, 0.6) is 0 Å². The SMILES string of the molecule is CCNC(COC(C)C)c1ccc(F)cc1Br. The average molecular weight is 304 g/mol. The predicted octanol–water partition coefficient (Wildman–Crippen LogP) is 3.66. The fourth-order valence-corrected chi connectivity index (χ4v) is 2.21. The Kier molecular flexibility index (Phi) is 6.09. The first-order valence-corrected chi connectivity index (χ1v) is 6.63. The smallest absolute Gasteiger partial charge is 0.124 e. The second-order valence-electron chi connectivity index (χ2n) is 4.16. The largest absolute Gasteiger partial charge is 0.377 e. The molecular formula is C13H19BrFNO. The third kappa shape index (κ3) is 4.74. The Hall–Kier alpha value is -0.450. The number of rotatable bonds is 6. The maximum absolute atomic E-state index is 13.0. The first-order chi connectivity index (χ1) is 8.04. The van der Waals surface area contributed by atoms with Crippen molar-refractivity contribution in [2.24, 2.45) is 0 Å². The highest BCUT2D eigenvalue weighted by atomic mass is 79.9. The van der Waals surface area contributed by atoms with Crippen LogP contribution in [0.4, 0.5) is 4.39 Å². The van der Waals surface area contributed by atoms with E-state index in [9.17, 15) is 4.39 Å². The average Bonchev–Trinajstić information content (AvgIpc) is 2.24. The second kappa shape index (κ2) is 7.09. The van der Waals surface area contributed by atoms with Crippen LogP contribution < -0.4 is 5.32 Å². The molecule has 0 amide bonds. The van der Waals surface area contributed by atoms with E-state index >= 15 is 0 Å².